The van der Waals surface area contributed by atoms with Crippen molar-refractivity contribution in [3.05, 3.63) is 22.9 Å². The second-order valence-corrected chi connectivity index (χ2v) is 3.84. The van der Waals surface area contributed by atoms with Crippen molar-refractivity contribution in [1.82, 2.24) is 4.98 Å². The summed E-state index contributed by atoms with van der Waals surface area (Å²) in [5, 5.41) is 0. The summed E-state index contributed by atoms with van der Waals surface area (Å²) in [6.45, 7) is 4.13. The summed E-state index contributed by atoms with van der Waals surface area (Å²) in [5.41, 5.74) is 3.67. The highest BCUT2D eigenvalue weighted by molar-refractivity contribution is 7.97. The van der Waals surface area contributed by atoms with Crippen LogP contribution in [0, 0.1) is 13.8 Å². The van der Waals surface area contributed by atoms with E-state index in [0.717, 1.165) is 11.4 Å². The van der Waals surface area contributed by atoms with Crippen LogP contribution in [0.15, 0.2) is 6.07 Å². The van der Waals surface area contributed by atoms with Crippen LogP contribution in [0.1, 0.15) is 16.8 Å². The lowest BCUT2D eigenvalue weighted by molar-refractivity contribution is 0.396. The fourth-order valence-corrected chi connectivity index (χ4v) is 2.02. The zero-order valence-electron chi connectivity index (χ0n) is 8.55. The standard InChI is InChI=1S/C10H15NOS/c1-7-5-10(12-3)11-8(2)9(7)6-13-4/h5H,6H2,1-4H3. The molecule has 0 radical (unpaired) electrons. The molecule has 0 spiro atoms. The lowest BCUT2D eigenvalue weighted by Crippen LogP contribution is -1.97. The van der Waals surface area contributed by atoms with Gasteiger partial charge in [-0.1, -0.05) is 0 Å². The van der Waals surface area contributed by atoms with Gasteiger partial charge in [-0.15, -0.1) is 0 Å². The second-order valence-electron chi connectivity index (χ2n) is 2.98. The number of aryl methyl sites for hydroxylation is 2. The number of ether oxygens (including phenoxy) is 1. The quantitative estimate of drug-likeness (QED) is 0.743. The third-order valence-electron chi connectivity index (χ3n) is 2.03. The highest BCUT2D eigenvalue weighted by Gasteiger charge is 2.05. The van der Waals surface area contributed by atoms with Gasteiger partial charge in [-0.2, -0.15) is 11.8 Å². The molecule has 0 unspecified atom stereocenters. The van der Waals surface area contributed by atoms with Gasteiger partial charge in [0.15, 0.2) is 0 Å². The Bertz CT molecular complexity index is 276. The minimum atomic E-state index is 0.708. The molecular formula is C10H15NOS. The van der Waals surface area contributed by atoms with Crippen LogP contribution in [0.5, 0.6) is 5.88 Å². The van der Waals surface area contributed by atoms with Crippen molar-refractivity contribution in [2.24, 2.45) is 0 Å². The average Bonchev–Trinajstić information content (AvgIpc) is 2.11. The smallest absolute Gasteiger partial charge is 0.213 e. The molecule has 1 heterocycles. The molecule has 13 heavy (non-hydrogen) atoms. The van der Waals surface area contributed by atoms with Crippen LogP contribution < -0.4 is 4.74 Å². The van der Waals surface area contributed by atoms with Gasteiger partial charge in [0.05, 0.1) is 7.11 Å². The first-order valence-corrected chi connectivity index (χ1v) is 5.58. The molecule has 1 aromatic rings. The molecule has 1 rings (SSSR count). The molecule has 0 aliphatic heterocycles. The zero-order valence-corrected chi connectivity index (χ0v) is 9.36. The molecule has 0 saturated heterocycles. The van der Waals surface area contributed by atoms with Gasteiger partial charge in [0.1, 0.15) is 0 Å². The molecule has 72 valence electrons. The molecule has 0 amide bonds. The number of methoxy groups -OCH3 is 1. The molecule has 0 aliphatic rings. The number of aromatic nitrogens is 1. The summed E-state index contributed by atoms with van der Waals surface area (Å²) in [7, 11) is 1.65. The number of nitrogens with zero attached hydrogens (tertiary/aromatic N) is 1. The molecule has 0 atom stereocenters. The summed E-state index contributed by atoms with van der Waals surface area (Å²) in [4.78, 5) is 4.34. The molecule has 0 fully saturated rings. The maximum atomic E-state index is 5.09. The van der Waals surface area contributed by atoms with E-state index in [2.05, 4.69) is 18.2 Å². The van der Waals surface area contributed by atoms with Crippen LogP contribution in [-0.4, -0.2) is 18.3 Å². The van der Waals surface area contributed by atoms with Crippen molar-refractivity contribution in [2.75, 3.05) is 13.4 Å². The number of rotatable bonds is 3. The zero-order chi connectivity index (χ0) is 9.84. The Hall–Kier alpha value is -0.700. The predicted molar refractivity (Wildman–Crippen MR) is 57.5 cm³/mol. The maximum Gasteiger partial charge on any atom is 0.213 e. The topological polar surface area (TPSA) is 22.1 Å². The molecule has 0 aromatic carbocycles. The summed E-state index contributed by atoms with van der Waals surface area (Å²) in [6, 6.07) is 1.98. The Labute approximate surface area is 83.7 Å². The van der Waals surface area contributed by atoms with Crippen molar-refractivity contribution < 1.29 is 4.74 Å². The average molecular weight is 197 g/mol. The largest absolute Gasteiger partial charge is 0.481 e. The highest BCUT2D eigenvalue weighted by Crippen LogP contribution is 2.21. The van der Waals surface area contributed by atoms with E-state index in [0.29, 0.717) is 5.88 Å². The van der Waals surface area contributed by atoms with E-state index < -0.39 is 0 Å². The second kappa shape index (κ2) is 4.51. The summed E-state index contributed by atoms with van der Waals surface area (Å²) in [5.74, 6) is 1.73. The minimum absolute atomic E-state index is 0.708. The third kappa shape index (κ3) is 2.37. The van der Waals surface area contributed by atoms with Crippen LogP contribution in [0.3, 0.4) is 0 Å². The minimum Gasteiger partial charge on any atom is -0.481 e. The normalized spacial score (nSPS) is 10.2. The van der Waals surface area contributed by atoms with Crippen LogP contribution in [-0.2, 0) is 5.75 Å². The van der Waals surface area contributed by atoms with Crippen molar-refractivity contribution in [3.8, 4) is 5.88 Å². The lowest BCUT2D eigenvalue weighted by Gasteiger charge is -2.09. The van der Waals surface area contributed by atoms with E-state index in [1.807, 2.05) is 24.8 Å². The van der Waals surface area contributed by atoms with Gasteiger partial charge in [-0.05, 0) is 31.2 Å². The Kier molecular flexibility index (Phi) is 3.60. The lowest BCUT2D eigenvalue weighted by atomic mass is 10.1. The molecule has 0 bridgehead atoms. The molecule has 3 heteroatoms. The summed E-state index contributed by atoms with van der Waals surface area (Å²) in [6.07, 6.45) is 2.10. The van der Waals surface area contributed by atoms with Crippen LogP contribution in [0.2, 0.25) is 0 Å². The Balaban J connectivity index is 3.07. The molecule has 1 aromatic heterocycles. The van der Waals surface area contributed by atoms with Crippen LogP contribution in [0.25, 0.3) is 0 Å². The number of pyridine rings is 1. The van der Waals surface area contributed by atoms with Gasteiger partial charge in [0, 0.05) is 17.5 Å². The monoisotopic (exact) mass is 197 g/mol. The van der Waals surface area contributed by atoms with E-state index in [-0.39, 0.29) is 0 Å². The van der Waals surface area contributed by atoms with Crippen LogP contribution >= 0.6 is 11.8 Å². The predicted octanol–water partition coefficient (Wildman–Crippen LogP) is 2.57. The number of thioether (sulfide) groups is 1. The molecule has 0 N–H and O–H groups in total. The first-order valence-electron chi connectivity index (χ1n) is 4.19. The molecule has 0 aliphatic carbocycles. The Morgan fingerprint density at radius 1 is 1.46 bits per heavy atom. The van der Waals surface area contributed by atoms with E-state index in [1.165, 1.54) is 11.1 Å². The third-order valence-corrected chi connectivity index (χ3v) is 2.61. The maximum absolute atomic E-state index is 5.09. The fraction of sp³-hybridized carbons (Fsp3) is 0.500. The number of hydrogen-bond acceptors (Lipinski definition) is 3. The van der Waals surface area contributed by atoms with Gasteiger partial charge in [-0.3, -0.25) is 0 Å². The molecular weight excluding hydrogens is 182 g/mol. The van der Waals surface area contributed by atoms with Crippen molar-refractivity contribution in [2.45, 2.75) is 19.6 Å². The van der Waals surface area contributed by atoms with Crippen LogP contribution in [0.4, 0.5) is 0 Å². The first-order chi connectivity index (χ1) is 6.19. The van der Waals surface area contributed by atoms with Gasteiger partial charge in [0.2, 0.25) is 5.88 Å². The van der Waals surface area contributed by atoms with Gasteiger partial charge in [-0.25, -0.2) is 4.98 Å². The first kappa shape index (κ1) is 10.4. The van der Waals surface area contributed by atoms with Crippen molar-refractivity contribution in [1.29, 1.82) is 0 Å². The highest BCUT2D eigenvalue weighted by atomic mass is 32.2. The Morgan fingerprint density at radius 2 is 2.15 bits per heavy atom. The number of hydrogen-bond donors (Lipinski definition) is 0. The van der Waals surface area contributed by atoms with E-state index in [9.17, 15) is 0 Å². The van der Waals surface area contributed by atoms with Crippen molar-refractivity contribution >= 4 is 11.8 Å². The molecule has 2 nitrogen and oxygen atoms in total. The van der Waals surface area contributed by atoms with Gasteiger partial charge >= 0.3 is 0 Å². The summed E-state index contributed by atoms with van der Waals surface area (Å²) >= 11 is 1.82. The fourth-order valence-electron chi connectivity index (χ4n) is 1.29. The van der Waals surface area contributed by atoms with E-state index in [4.69, 9.17) is 4.74 Å². The van der Waals surface area contributed by atoms with E-state index in [1.54, 1.807) is 7.11 Å². The summed E-state index contributed by atoms with van der Waals surface area (Å²) < 4.78 is 5.09. The Morgan fingerprint density at radius 3 is 2.62 bits per heavy atom. The van der Waals surface area contributed by atoms with Crippen molar-refractivity contribution in [3.63, 3.8) is 0 Å². The van der Waals surface area contributed by atoms with Gasteiger partial charge < -0.3 is 4.74 Å². The molecule has 0 saturated carbocycles. The van der Waals surface area contributed by atoms with E-state index >= 15 is 0 Å². The van der Waals surface area contributed by atoms with Gasteiger partial charge in [0.25, 0.3) is 0 Å². The SMILES string of the molecule is COc1cc(C)c(CSC)c(C)n1.